The second kappa shape index (κ2) is 6.75. The van der Waals surface area contributed by atoms with Crippen LogP contribution in [-0.2, 0) is 4.74 Å². The Bertz CT molecular complexity index is 402. The summed E-state index contributed by atoms with van der Waals surface area (Å²) in [5.74, 6) is 0.366. The number of carbonyl (C=O) groups excluding carboxylic acids is 2. The van der Waals surface area contributed by atoms with Crippen LogP contribution in [0.3, 0.4) is 0 Å². The standard InChI is InChI=1S/C16H31N3O3/c1-15(2,3)19(13(17)20)11-12-7-9-18(10-8-12)14(21)22-16(4,5)6/h12H,7-11H2,1-6H3,(H2,17,20). The Balaban J connectivity index is 2.52. The van der Waals surface area contributed by atoms with E-state index in [4.69, 9.17) is 10.5 Å². The molecule has 6 nitrogen and oxygen atoms in total. The molecule has 1 saturated heterocycles. The number of primary amides is 1. The van der Waals surface area contributed by atoms with E-state index < -0.39 is 5.60 Å². The molecule has 0 aromatic heterocycles. The first-order valence-electron chi connectivity index (χ1n) is 7.95. The maximum absolute atomic E-state index is 12.0. The number of rotatable bonds is 2. The maximum Gasteiger partial charge on any atom is 0.410 e. The first-order chi connectivity index (χ1) is 9.90. The Morgan fingerprint density at radius 3 is 2.00 bits per heavy atom. The van der Waals surface area contributed by atoms with Crippen LogP contribution in [0, 0.1) is 5.92 Å². The number of ether oxygens (including phenoxy) is 1. The third-order valence-corrected chi connectivity index (χ3v) is 3.78. The quantitative estimate of drug-likeness (QED) is 0.851. The van der Waals surface area contributed by atoms with Crippen LogP contribution in [0.2, 0.25) is 0 Å². The molecule has 0 aliphatic carbocycles. The Morgan fingerprint density at radius 2 is 1.64 bits per heavy atom. The topological polar surface area (TPSA) is 75.9 Å². The van der Waals surface area contributed by atoms with Crippen molar-refractivity contribution in [3.05, 3.63) is 0 Å². The minimum absolute atomic E-state index is 0.256. The van der Waals surface area contributed by atoms with Gasteiger partial charge in [0.1, 0.15) is 5.60 Å². The van der Waals surface area contributed by atoms with Crippen molar-refractivity contribution in [1.29, 1.82) is 0 Å². The van der Waals surface area contributed by atoms with Gasteiger partial charge in [-0.05, 0) is 60.3 Å². The van der Waals surface area contributed by atoms with Crippen LogP contribution in [0.5, 0.6) is 0 Å². The van der Waals surface area contributed by atoms with Crippen LogP contribution in [0.4, 0.5) is 9.59 Å². The molecule has 1 aliphatic heterocycles. The van der Waals surface area contributed by atoms with E-state index in [0.717, 1.165) is 12.8 Å². The fourth-order valence-electron chi connectivity index (χ4n) is 2.58. The molecule has 0 spiro atoms. The van der Waals surface area contributed by atoms with Gasteiger partial charge in [-0.1, -0.05) is 0 Å². The maximum atomic E-state index is 12.0. The second-order valence-corrected chi connectivity index (χ2v) is 8.03. The zero-order valence-electron chi connectivity index (χ0n) is 14.8. The zero-order valence-corrected chi connectivity index (χ0v) is 14.8. The molecule has 1 heterocycles. The number of piperidine rings is 1. The molecule has 0 bridgehead atoms. The normalized spacial score (nSPS) is 17.3. The van der Waals surface area contributed by atoms with Crippen molar-refractivity contribution in [2.24, 2.45) is 11.7 Å². The summed E-state index contributed by atoms with van der Waals surface area (Å²) >= 11 is 0. The average Bonchev–Trinajstić information content (AvgIpc) is 2.32. The summed E-state index contributed by atoms with van der Waals surface area (Å²) in [7, 11) is 0. The number of hydrogen-bond donors (Lipinski definition) is 1. The number of nitrogens with zero attached hydrogens (tertiary/aromatic N) is 2. The summed E-state index contributed by atoms with van der Waals surface area (Å²) in [5, 5.41) is 0. The number of likely N-dealkylation sites (tertiary alicyclic amines) is 1. The molecular weight excluding hydrogens is 282 g/mol. The fraction of sp³-hybridized carbons (Fsp3) is 0.875. The fourth-order valence-corrected chi connectivity index (χ4v) is 2.58. The third kappa shape index (κ3) is 5.73. The number of urea groups is 1. The summed E-state index contributed by atoms with van der Waals surface area (Å²) in [6.07, 6.45) is 1.46. The Labute approximate surface area is 134 Å². The highest BCUT2D eigenvalue weighted by Crippen LogP contribution is 2.23. The SMILES string of the molecule is CC(C)(C)OC(=O)N1CCC(CN(C(N)=O)C(C)(C)C)CC1. The van der Waals surface area contributed by atoms with Crippen LogP contribution >= 0.6 is 0 Å². The number of nitrogens with two attached hydrogens (primary N) is 1. The van der Waals surface area contributed by atoms with Gasteiger partial charge < -0.3 is 20.3 Å². The van der Waals surface area contributed by atoms with Gasteiger partial charge in [0.15, 0.2) is 0 Å². The largest absolute Gasteiger partial charge is 0.444 e. The highest BCUT2D eigenvalue weighted by atomic mass is 16.6. The van der Waals surface area contributed by atoms with Crippen molar-refractivity contribution in [3.8, 4) is 0 Å². The van der Waals surface area contributed by atoms with Crippen LogP contribution in [0.15, 0.2) is 0 Å². The minimum atomic E-state index is -0.469. The number of hydrogen-bond acceptors (Lipinski definition) is 3. The van der Waals surface area contributed by atoms with E-state index in [-0.39, 0.29) is 17.7 Å². The van der Waals surface area contributed by atoms with Crippen LogP contribution in [0.1, 0.15) is 54.4 Å². The van der Waals surface area contributed by atoms with E-state index in [0.29, 0.717) is 25.6 Å². The molecule has 2 N–H and O–H groups in total. The lowest BCUT2D eigenvalue weighted by Crippen LogP contribution is -2.52. The average molecular weight is 313 g/mol. The Morgan fingerprint density at radius 1 is 1.14 bits per heavy atom. The Hall–Kier alpha value is -1.46. The molecule has 0 aromatic carbocycles. The van der Waals surface area contributed by atoms with E-state index in [9.17, 15) is 9.59 Å². The molecule has 0 atom stereocenters. The summed E-state index contributed by atoms with van der Waals surface area (Å²) in [6, 6.07) is -0.387. The van der Waals surface area contributed by atoms with Gasteiger partial charge in [-0.15, -0.1) is 0 Å². The van der Waals surface area contributed by atoms with Crippen LogP contribution in [0.25, 0.3) is 0 Å². The monoisotopic (exact) mass is 313 g/mol. The van der Waals surface area contributed by atoms with Crippen LogP contribution < -0.4 is 5.73 Å². The van der Waals surface area contributed by atoms with Crippen molar-refractivity contribution >= 4 is 12.1 Å². The Kier molecular flexibility index (Phi) is 5.70. The van der Waals surface area contributed by atoms with E-state index in [2.05, 4.69) is 0 Å². The lowest BCUT2D eigenvalue weighted by Gasteiger charge is -2.39. The molecule has 0 aromatic rings. The minimum Gasteiger partial charge on any atom is -0.444 e. The summed E-state index contributed by atoms with van der Waals surface area (Å²) in [6.45, 7) is 13.5. The van der Waals surface area contributed by atoms with E-state index in [1.807, 2.05) is 41.5 Å². The zero-order chi connectivity index (χ0) is 17.1. The van der Waals surface area contributed by atoms with E-state index in [1.54, 1.807) is 9.80 Å². The van der Waals surface area contributed by atoms with Crippen molar-refractivity contribution in [3.63, 3.8) is 0 Å². The molecule has 3 amide bonds. The lowest BCUT2D eigenvalue weighted by atomic mass is 9.94. The highest BCUT2D eigenvalue weighted by molar-refractivity contribution is 5.72. The van der Waals surface area contributed by atoms with E-state index >= 15 is 0 Å². The van der Waals surface area contributed by atoms with Gasteiger partial charge in [-0.3, -0.25) is 0 Å². The molecule has 0 radical (unpaired) electrons. The number of carbonyl (C=O) groups is 2. The van der Waals surface area contributed by atoms with Crippen molar-refractivity contribution in [1.82, 2.24) is 9.80 Å². The van der Waals surface area contributed by atoms with E-state index in [1.165, 1.54) is 0 Å². The molecule has 128 valence electrons. The van der Waals surface area contributed by atoms with Crippen molar-refractivity contribution in [2.75, 3.05) is 19.6 Å². The molecule has 6 heteroatoms. The number of amides is 3. The summed E-state index contributed by atoms with van der Waals surface area (Å²) in [5.41, 5.74) is 4.73. The first-order valence-corrected chi connectivity index (χ1v) is 7.95. The molecule has 22 heavy (non-hydrogen) atoms. The molecule has 0 saturated carbocycles. The van der Waals surface area contributed by atoms with Gasteiger partial charge >= 0.3 is 12.1 Å². The molecule has 1 fully saturated rings. The van der Waals surface area contributed by atoms with Crippen molar-refractivity contribution < 1.29 is 14.3 Å². The van der Waals surface area contributed by atoms with Gasteiger partial charge in [-0.25, -0.2) is 9.59 Å². The predicted molar refractivity (Wildman–Crippen MR) is 86.6 cm³/mol. The molecule has 0 unspecified atom stereocenters. The predicted octanol–water partition coefficient (Wildman–Crippen LogP) is 2.81. The highest BCUT2D eigenvalue weighted by Gasteiger charge is 2.31. The summed E-state index contributed by atoms with van der Waals surface area (Å²) in [4.78, 5) is 27.1. The molecular formula is C16H31N3O3. The molecule has 1 aliphatic rings. The van der Waals surface area contributed by atoms with Gasteiger partial charge in [0.2, 0.25) is 0 Å². The second-order valence-electron chi connectivity index (χ2n) is 8.03. The molecule has 1 rings (SSSR count). The smallest absolute Gasteiger partial charge is 0.410 e. The van der Waals surface area contributed by atoms with Gasteiger partial charge in [0.25, 0.3) is 0 Å². The summed E-state index contributed by atoms with van der Waals surface area (Å²) < 4.78 is 5.39. The van der Waals surface area contributed by atoms with Gasteiger partial charge in [0.05, 0.1) is 0 Å². The first kappa shape index (κ1) is 18.6. The van der Waals surface area contributed by atoms with Gasteiger partial charge in [-0.2, -0.15) is 0 Å². The van der Waals surface area contributed by atoms with Gasteiger partial charge in [0, 0.05) is 25.2 Å². The third-order valence-electron chi connectivity index (χ3n) is 3.78. The van der Waals surface area contributed by atoms with Crippen LogP contribution in [-0.4, -0.2) is 52.7 Å². The lowest BCUT2D eigenvalue weighted by molar-refractivity contribution is 0.0162. The van der Waals surface area contributed by atoms with Crippen molar-refractivity contribution in [2.45, 2.75) is 65.5 Å².